The zero-order chi connectivity index (χ0) is 9.61. The maximum atomic E-state index is 10.4. The Kier molecular flexibility index (Phi) is 5.34. The van der Waals surface area contributed by atoms with E-state index in [1.54, 1.807) is 0 Å². The number of aliphatic hydroxyl groups is 2. The molecule has 0 fully saturated rings. The van der Waals surface area contributed by atoms with Crippen LogP contribution in [0.25, 0.3) is 0 Å². The van der Waals surface area contributed by atoms with Gasteiger partial charge in [0.25, 0.3) is 0 Å². The van der Waals surface area contributed by atoms with Crippen molar-refractivity contribution in [2.24, 2.45) is 5.14 Å². The van der Waals surface area contributed by atoms with E-state index in [0.29, 0.717) is 0 Å². The molecule has 0 atom stereocenters. The second kappa shape index (κ2) is 5.44. The Labute approximate surface area is 71.4 Å². The van der Waals surface area contributed by atoms with Gasteiger partial charge in [-0.05, 0) is 0 Å². The molecule has 0 unspecified atom stereocenters. The summed E-state index contributed by atoms with van der Waals surface area (Å²) in [6.45, 7) is -0.340. The van der Waals surface area contributed by atoms with Crippen molar-refractivity contribution in [3.8, 4) is 0 Å². The Hall–Kier alpha value is -0.210. The fraction of sp³-hybridized carbons (Fsp3) is 1.00. The van der Waals surface area contributed by atoms with Gasteiger partial charge in [0.15, 0.2) is 0 Å². The fourth-order valence-electron chi connectivity index (χ4n) is 0.592. The number of nitrogens with two attached hydrogens (primary N) is 1. The van der Waals surface area contributed by atoms with Crippen molar-refractivity contribution < 1.29 is 18.6 Å². The highest BCUT2D eigenvalue weighted by Crippen LogP contribution is 1.80. The zero-order valence-corrected chi connectivity index (χ0v) is 7.42. The van der Waals surface area contributed by atoms with Crippen LogP contribution in [0.2, 0.25) is 0 Å². The summed E-state index contributed by atoms with van der Waals surface area (Å²) in [6.07, 6.45) is 0. The van der Waals surface area contributed by atoms with Crippen LogP contribution in [0.5, 0.6) is 0 Å². The smallest absolute Gasteiger partial charge is 0.210 e. The van der Waals surface area contributed by atoms with Gasteiger partial charge in [-0.15, -0.1) is 0 Å². The third-order valence-corrected chi connectivity index (χ3v) is 2.03. The lowest BCUT2D eigenvalue weighted by Gasteiger charge is -2.11. The molecule has 0 aromatic heterocycles. The van der Waals surface area contributed by atoms with Crippen LogP contribution in [-0.2, 0) is 10.0 Å². The van der Waals surface area contributed by atoms with Gasteiger partial charge in [-0.2, -0.15) is 0 Å². The molecule has 0 heterocycles. The van der Waals surface area contributed by atoms with Gasteiger partial charge in [-0.25, -0.2) is 13.6 Å². The van der Waals surface area contributed by atoms with Crippen molar-refractivity contribution in [1.29, 1.82) is 0 Å². The lowest BCUT2D eigenvalue weighted by Crippen LogP contribution is -2.39. The highest BCUT2D eigenvalue weighted by molar-refractivity contribution is 7.89. The van der Waals surface area contributed by atoms with E-state index in [2.05, 4.69) is 5.32 Å². The molecule has 0 radical (unpaired) electrons. The van der Waals surface area contributed by atoms with E-state index in [0.717, 1.165) is 0 Å². The van der Waals surface area contributed by atoms with Crippen LogP contribution in [0.3, 0.4) is 0 Å². The van der Waals surface area contributed by atoms with Crippen molar-refractivity contribution in [2.45, 2.75) is 6.04 Å². The van der Waals surface area contributed by atoms with E-state index >= 15 is 0 Å². The molecule has 0 saturated carbocycles. The average Bonchev–Trinajstić information content (AvgIpc) is 1.96. The van der Waals surface area contributed by atoms with Crippen molar-refractivity contribution in [3.05, 3.63) is 0 Å². The molecule has 0 aromatic rings. The second-order valence-electron chi connectivity index (χ2n) is 2.38. The average molecular weight is 198 g/mol. The van der Waals surface area contributed by atoms with Crippen LogP contribution in [0.15, 0.2) is 0 Å². The number of rotatable bonds is 6. The van der Waals surface area contributed by atoms with Crippen LogP contribution in [0, 0.1) is 0 Å². The molecule has 0 saturated heterocycles. The first-order chi connectivity index (χ1) is 5.49. The van der Waals surface area contributed by atoms with Gasteiger partial charge < -0.3 is 15.5 Å². The predicted molar refractivity (Wildman–Crippen MR) is 43.9 cm³/mol. The molecule has 0 amide bonds. The number of hydrogen-bond acceptors (Lipinski definition) is 5. The summed E-state index contributed by atoms with van der Waals surface area (Å²) in [7, 11) is -3.46. The molecule has 0 aliphatic rings. The minimum atomic E-state index is -3.46. The monoisotopic (exact) mass is 198 g/mol. The normalized spacial score (nSPS) is 12.3. The molecular weight excluding hydrogens is 184 g/mol. The first-order valence-electron chi connectivity index (χ1n) is 3.45. The molecule has 0 aliphatic carbocycles. The quantitative estimate of drug-likeness (QED) is 0.369. The highest BCUT2D eigenvalue weighted by Gasteiger charge is 2.06. The highest BCUT2D eigenvalue weighted by atomic mass is 32.2. The molecule has 0 aromatic carbocycles. The van der Waals surface area contributed by atoms with E-state index in [4.69, 9.17) is 15.4 Å². The minimum absolute atomic E-state index is 0.130. The van der Waals surface area contributed by atoms with Gasteiger partial charge in [0, 0.05) is 6.54 Å². The van der Waals surface area contributed by atoms with E-state index in [9.17, 15) is 8.42 Å². The summed E-state index contributed by atoms with van der Waals surface area (Å²) < 4.78 is 20.8. The Bertz CT molecular complexity index is 199. The first-order valence-corrected chi connectivity index (χ1v) is 5.16. The molecule has 6 nitrogen and oxygen atoms in total. The third-order valence-electron chi connectivity index (χ3n) is 1.26. The molecule has 0 rings (SSSR count). The van der Waals surface area contributed by atoms with Crippen LogP contribution < -0.4 is 10.5 Å². The fourth-order valence-corrected chi connectivity index (χ4v) is 0.995. The molecule has 5 N–H and O–H groups in total. The molecule has 74 valence electrons. The number of hydrogen-bond donors (Lipinski definition) is 4. The molecule has 0 bridgehead atoms. The lowest BCUT2D eigenvalue weighted by molar-refractivity contribution is 0.173. The Morgan fingerprint density at radius 2 is 1.83 bits per heavy atom. The Morgan fingerprint density at radius 1 is 1.33 bits per heavy atom. The topological polar surface area (TPSA) is 113 Å². The van der Waals surface area contributed by atoms with Crippen molar-refractivity contribution in [3.63, 3.8) is 0 Å². The molecule has 12 heavy (non-hydrogen) atoms. The second-order valence-corrected chi connectivity index (χ2v) is 4.12. The van der Waals surface area contributed by atoms with E-state index < -0.39 is 16.1 Å². The largest absolute Gasteiger partial charge is 0.395 e. The summed E-state index contributed by atoms with van der Waals surface area (Å²) in [4.78, 5) is 0. The van der Waals surface area contributed by atoms with E-state index in [1.807, 2.05) is 0 Å². The van der Waals surface area contributed by atoms with Gasteiger partial charge in [-0.3, -0.25) is 0 Å². The molecule has 7 heteroatoms. The third kappa shape index (κ3) is 6.50. The van der Waals surface area contributed by atoms with Gasteiger partial charge in [-0.1, -0.05) is 0 Å². The SMILES string of the molecule is NS(=O)(=O)CCNC(CO)CO. The summed E-state index contributed by atoms with van der Waals surface area (Å²) >= 11 is 0. The molecular formula is C5H14N2O4S. The van der Waals surface area contributed by atoms with Crippen LogP contribution in [-0.4, -0.2) is 50.2 Å². The van der Waals surface area contributed by atoms with Gasteiger partial charge in [0.2, 0.25) is 10.0 Å². The van der Waals surface area contributed by atoms with Gasteiger partial charge in [0.05, 0.1) is 25.0 Å². The molecule has 0 spiro atoms. The number of primary sulfonamides is 1. The number of aliphatic hydroxyl groups excluding tert-OH is 2. The van der Waals surface area contributed by atoms with E-state index in [1.165, 1.54) is 0 Å². The number of nitrogens with one attached hydrogen (secondary N) is 1. The zero-order valence-electron chi connectivity index (χ0n) is 6.60. The Morgan fingerprint density at radius 3 is 2.17 bits per heavy atom. The van der Waals surface area contributed by atoms with Crippen molar-refractivity contribution in [1.82, 2.24) is 5.32 Å². The lowest BCUT2D eigenvalue weighted by atomic mass is 10.3. The van der Waals surface area contributed by atoms with Gasteiger partial charge in [0.1, 0.15) is 0 Å². The van der Waals surface area contributed by atoms with Gasteiger partial charge >= 0.3 is 0 Å². The van der Waals surface area contributed by atoms with Crippen molar-refractivity contribution >= 4 is 10.0 Å². The summed E-state index contributed by atoms with van der Waals surface area (Å²) in [6, 6.07) is -0.480. The van der Waals surface area contributed by atoms with Crippen LogP contribution >= 0.6 is 0 Å². The first kappa shape index (κ1) is 11.8. The van der Waals surface area contributed by atoms with Crippen LogP contribution in [0.4, 0.5) is 0 Å². The standard InChI is InChI=1S/C5H14N2O4S/c6-12(10,11)2-1-7-5(3-8)4-9/h5,7-9H,1-4H2,(H2,6,10,11). The maximum absolute atomic E-state index is 10.4. The van der Waals surface area contributed by atoms with Crippen LogP contribution in [0.1, 0.15) is 0 Å². The predicted octanol–water partition coefficient (Wildman–Crippen LogP) is -2.78. The summed E-state index contributed by atoms with van der Waals surface area (Å²) in [5.41, 5.74) is 0. The van der Waals surface area contributed by atoms with E-state index in [-0.39, 0.29) is 25.5 Å². The van der Waals surface area contributed by atoms with Crippen molar-refractivity contribution in [2.75, 3.05) is 25.5 Å². The summed E-state index contributed by atoms with van der Waals surface area (Å²) in [5, 5.41) is 24.4. The number of sulfonamides is 1. The molecule has 0 aliphatic heterocycles. The maximum Gasteiger partial charge on any atom is 0.210 e. The Balaban J connectivity index is 3.55. The summed E-state index contributed by atoms with van der Waals surface area (Å²) in [5.74, 6) is -0.205. The minimum Gasteiger partial charge on any atom is -0.395 e.